The Morgan fingerprint density at radius 1 is 1.16 bits per heavy atom. The van der Waals surface area contributed by atoms with E-state index in [2.05, 4.69) is 0 Å². The van der Waals surface area contributed by atoms with Crippen LogP contribution in [0.5, 0.6) is 5.75 Å². The maximum atomic E-state index is 14.7. The predicted octanol–water partition coefficient (Wildman–Crippen LogP) is 4.25. The molecular weight excluding hydrogens is 326 g/mol. The molecule has 0 radical (unpaired) electrons. The van der Waals surface area contributed by atoms with Crippen molar-refractivity contribution in [3.63, 3.8) is 0 Å². The average molecular weight is 346 g/mol. The molecule has 0 saturated heterocycles. The third kappa shape index (κ3) is 3.50. The number of rotatable bonds is 5. The maximum Gasteiger partial charge on any atom is 0.341 e. The molecule has 0 fully saturated rings. The number of carbonyl (C=O) groups is 1. The Hall–Kier alpha value is -2.43. The quantitative estimate of drug-likeness (QED) is 0.759. The number of halogens is 2. The second-order valence-electron chi connectivity index (χ2n) is 6.17. The number of methoxy groups -OCH3 is 1. The molecule has 3 nitrogen and oxygen atoms in total. The van der Waals surface area contributed by atoms with Gasteiger partial charge in [0.25, 0.3) is 0 Å². The smallest absolute Gasteiger partial charge is 0.341 e. The van der Waals surface area contributed by atoms with E-state index in [4.69, 9.17) is 9.47 Å². The van der Waals surface area contributed by atoms with Gasteiger partial charge < -0.3 is 9.47 Å². The predicted molar refractivity (Wildman–Crippen MR) is 90.0 cm³/mol. The van der Waals surface area contributed by atoms with Gasteiger partial charge in [-0.15, -0.1) is 0 Å². The van der Waals surface area contributed by atoms with Crippen LogP contribution in [0.4, 0.5) is 8.78 Å². The van der Waals surface area contributed by atoms with E-state index >= 15 is 0 Å². The molecule has 0 aromatic heterocycles. The third-order valence-corrected chi connectivity index (χ3v) is 4.61. The Balaban J connectivity index is 1.80. The zero-order valence-corrected chi connectivity index (χ0v) is 14.3. The number of ether oxygens (including phenoxy) is 2. The van der Waals surface area contributed by atoms with Crippen molar-refractivity contribution in [3.8, 4) is 5.75 Å². The van der Waals surface area contributed by atoms with Crippen LogP contribution in [0.15, 0.2) is 30.3 Å². The Labute approximate surface area is 145 Å². The molecule has 2 aromatic carbocycles. The first-order valence-corrected chi connectivity index (χ1v) is 8.37. The van der Waals surface area contributed by atoms with E-state index in [9.17, 15) is 13.6 Å². The molecule has 3 rings (SSSR count). The highest BCUT2D eigenvalue weighted by Gasteiger charge is 2.29. The van der Waals surface area contributed by atoms with Crippen LogP contribution in [-0.4, -0.2) is 19.2 Å². The first kappa shape index (κ1) is 17.4. The number of hydrogen-bond donors (Lipinski definition) is 0. The number of aryl methyl sites for hydroxylation is 2. The van der Waals surface area contributed by atoms with Crippen molar-refractivity contribution in [1.29, 1.82) is 0 Å². The molecule has 0 spiro atoms. The zero-order chi connectivity index (χ0) is 18.0. The van der Waals surface area contributed by atoms with Gasteiger partial charge in [-0.1, -0.05) is 25.1 Å². The van der Waals surface area contributed by atoms with Gasteiger partial charge in [0.2, 0.25) is 0 Å². The van der Waals surface area contributed by atoms with E-state index in [0.29, 0.717) is 48.1 Å². The third-order valence-electron chi connectivity index (χ3n) is 4.61. The fraction of sp³-hybridized carbons (Fsp3) is 0.350. The summed E-state index contributed by atoms with van der Waals surface area (Å²) in [5, 5.41) is 0. The van der Waals surface area contributed by atoms with Crippen molar-refractivity contribution in [1.82, 2.24) is 0 Å². The summed E-state index contributed by atoms with van der Waals surface area (Å²) < 4.78 is 39.0. The van der Waals surface area contributed by atoms with Crippen LogP contribution < -0.4 is 4.74 Å². The van der Waals surface area contributed by atoms with E-state index in [1.54, 1.807) is 24.3 Å². The normalized spacial score (nSPS) is 16.3. The highest BCUT2D eigenvalue weighted by atomic mass is 19.1. The van der Waals surface area contributed by atoms with Crippen LogP contribution in [0.3, 0.4) is 0 Å². The van der Waals surface area contributed by atoms with Crippen molar-refractivity contribution < 1.29 is 23.0 Å². The van der Waals surface area contributed by atoms with Crippen molar-refractivity contribution >= 4 is 5.97 Å². The lowest BCUT2D eigenvalue weighted by Crippen LogP contribution is -2.28. The van der Waals surface area contributed by atoms with Crippen LogP contribution in [0, 0.1) is 11.6 Å². The van der Waals surface area contributed by atoms with Gasteiger partial charge in [-0.05, 0) is 42.0 Å². The molecule has 1 aliphatic rings. The summed E-state index contributed by atoms with van der Waals surface area (Å²) in [6.07, 6.45) is 1.66. The Morgan fingerprint density at radius 3 is 2.56 bits per heavy atom. The molecule has 25 heavy (non-hydrogen) atoms. The number of benzene rings is 2. The zero-order valence-electron chi connectivity index (χ0n) is 14.3. The van der Waals surface area contributed by atoms with Crippen LogP contribution >= 0.6 is 0 Å². The van der Waals surface area contributed by atoms with E-state index in [1.165, 1.54) is 13.2 Å². The SMILES string of the molecule is CCC1Cc2ccc(CCc3ccc(OC)cc3F)c(F)c2C(=O)O1. The minimum atomic E-state index is -0.608. The van der Waals surface area contributed by atoms with Gasteiger partial charge in [-0.2, -0.15) is 0 Å². The number of hydrogen-bond acceptors (Lipinski definition) is 3. The molecule has 5 heteroatoms. The summed E-state index contributed by atoms with van der Waals surface area (Å²) >= 11 is 0. The first-order chi connectivity index (χ1) is 12.0. The summed E-state index contributed by atoms with van der Waals surface area (Å²) in [5.74, 6) is -1.11. The largest absolute Gasteiger partial charge is 0.497 e. The van der Waals surface area contributed by atoms with Crippen LogP contribution in [-0.2, 0) is 24.0 Å². The highest BCUT2D eigenvalue weighted by Crippen LogP contribution is 2.27. The lowest BCUT2D eigenvalue weighted by Gasteiger charge is -2.24. The molecule has 0 bridgehead atoms. The van der Waals surface area contributed by atoms with Gasteiger partial charge in [-0.25, -0.2) is 13.6 Å². The van der Waals surface area contributed by atoms with Gasteiger partial charge in [0.15, 0.2) is 0 Å². The standard InChI is InChI=1S/C20H20F2O3/c1-3-15-10-14-7-6-13(19(22)18(14)20(23)25-15)5-4-12-8-9-16(24-2)11-17(12)21/h6-9,11,15H,3-5,10H2,1-2H3. The monoisotopic (exact) mass is 346 g/mol. The highest BCUT2D eigenvalue weighted by molar-refractivity contribution is 5.92. The van der Waals surface area contributed by atoms with Crippen LogP contribution in [0.2, 0.25) is 0 Å². The second-order valence-corrected chi connectivity index (χ2v) is 6.17. The van der Waals surface area contributed by atoms with Crippen molar-refractivity contribution in [2.24, 2.45) is 0 Å². The Kier molecular flexibility index (Phi) is 5.02. The molecular formula is C20H20F2O3. The Bertz CT molecular complexity index is 802. The molecule has 132 valence electrons. The van der Waals surface area contributed by atoms with E-state index in [0.717, 1.165) is 0 Å². The molecule has 1 heterocycles. The van der Waals surface area contributed by atoms with Gasteiger partial charge in [0.1, 0.15) is 23.5 Å². The lowest BCUT2D eigenvalue weighted by atomic mass is 9.93. The van der Waals surface area contributed by atoms with E-state index in [1.807, 2.05) is 6.92 Å². The molecule has 2 aromatic rings. The fourth-order valence-electron chi connectivity index (χ4n) is 3.10. The van der Waals surface area contributed by atoms with Gasteiger partial charge in [-0.3, -0.25) is 0 Å². The first-order valence-electron chi connectivity index (χ1n) is 8.37. The van der Waals surface area contributed by atoms with E-state index < -0.39 is 11.8 Å². The second kappa shape index (κ2) is 7.21. The van der Waals surface area contributed by atoms with Crippen molar-refractivity contribution in [3.05, 3.63) is 64.2 Å². The Morgan fingerprint density at radius 2 is 1.88 bits per heavy atom. The average Bonchev–Trinajstić information content (AvgIpc) is 2.61. The molecule has 1 unspecified atom stereocenters. The lowest BCUT2D eigenvalue weighted by molar-refractivity contribution is 0.0242. The van der Waals surface area contributed by atoms with Crippen LogP contribution in [0.1, 0.15) is 40.4 Å². The summed E-state index contributed by atoms with van der Waals surface area (Å²) in [4.78, 5) is 12.1. The number of carbonyl (C=O) groups excluding carboxylic acids is 1. The molecule has 0 saturated carbocycles. The molecule has 0 aliphatic carbocycles. The molecule has 0 amide bonds. The summed E-state index contributed by atoms with van der Waals surface area (Å²) in [7, 11) is 1.47. The fourth-order valence-corrected chi connectivity index (χ4v) is 3.10. The number of esters is 1. The summed E-state index contributed by atoms with van der Waals surface area (Å²) in [6.45, 7) is 1.93. The summed E-state index contributed by atoms with van der Waals surface area (Å²) in [5.41, 5.74) is 1.57. The topological polar surface area (TPSA) is 35.5 Å². The number of cyclic esters (lactones) is 1. The minimum absolute atomic E-state index is 0.0254. The molecule has 1 aliphatic heterocycles. The van der Waals surface area contributed by atoms with Gasteiger partial charge >= 0.3 is 5.97 Å². The van der Waals surface area contributed by atoms with E-state index in [-0.39, 0.29) is 17.5 Å². The molecule has 1 atom stereocenters. The van der Waals surface area contributed by atoms with Crippen LogP contribution in [0.25, 0.3) is 0 Å². The summed E-state index contributed by atoms with van der Waals surface area (Å²) in [6, 6.07) is 8.07. The van der Waals surface area contributed by atoms with Gasteiger partial charge in [0, 0.05) is 12.5 Å². The minimum Gasteiger partial charge on any atom is -0.497 e. The van der Waals surface area contributed by atoms with Gasteiger partial charge in [0.05, 0.1) is 12.7 Å². The molecule has 0 N–H and O–H groups in total. The van der Waals surface area contributed by atoms with Crippen molar-refractivity contribution in [2.45, 2.75) is 38.7 Å². The number of fused-ring (bicyclic) bond motifs is 1. The maximum absolute atomic E-state index is 14.7. The van der Waals surface area contributed by atoms with Crippen molar-refractivity contribution in [2.75, 3.05) is 7.11 Å².